The van der Waals surface area contributed by atoms with E-state index >= 15 is 8.78 Å². The molecule has 17 heteroatoms. The number of hydrogen-bond acceptors (Lipinski definition) is 13. The van der Waals surface area contributed by atoms with Crippen LogP contribution in [0.4, 0.5) is 35.1 Å². The summed E-state index contributed by atoms with van der Waals surface area (Å²) in [6, 6.07) is 1.89. The molecule has 3 fully saturated rings. The molecule has 8 rings (SSSR count). The molecule has 3 unspecified atom stereocenters. The number of fused-ring (bicyclic) bond motifs is 6. The highest BCUT2D eigenvalue weighted by atomic mass is 32.1. The van der Waals surface area contributed by atoms with Crippen LogP contribution in [0.1, 0.15) is 84.4 Å². The molecule has 3 atom stereocenters. The van der Waals surface area contributed by atoms with Crippen LogP contribution in [0, 0.1) is 23.0 Å². The molecule has 0 aliphatic carbocycles. The summed E-state index contributed by atoms with van der Waals surface area (Å²) in [5.74, 6) is -0.468. The zero-order valence-electron chi connectivity index (χ0n) is 34.4. The summed E-state index contributed by atoms with van der Waals surface area (Å²) in [6.07, 6.45) is 2.27. The molecule has 1 N–H and O–H groups in total. The highest BCUT2D eigenvalue weighted by molar-refractivity contribution is 7.23. The van der Waals surface area contributed by atoms with Gasteiger partial charge in [0.1, 0.15) is 33.6 Å². The molecule has 4 aliphatic rings. The third-order valence-electron chi connectivity index (χ3n) is 11.6. The van der Waals surface area contributed by atoms with E-state index in [4.69, 9.17) is 24.2 Å². The van der Waals surface area contributed by atoms with Crippen molar-refractivity contribution >= 4 is 61.3 Å². The SMILES string of the molecule is CN(C)C1(C)CCN(c2nc(N3C4CCC3CN(C(=O)OC(C)(C)C)C4)c3c4c(c(-c5ncc(F)c6sc(NC(=O)OC(C)(C)C)c(C#N)c56)c(F)c3n2)COC4)C1. The quantitative estimate of drug-likeness (QED) is 0.212. The molecule has 2 amide bonds. The number of likely N-dealkylation sites (N-methyl/N-ethyl adjacent to an activating group) is 1. The van der Waals surface area contributed by atoms with Crippen molar-refractivity contribution in [2.75, 3.05) is 55.4 Å². The molecule has 4 aliphatic heterocycles. The van der Waals surface area contributed by atoms with Gasteiger partial charge in [0, 0.05) is 54.8 Å². The molecular weight excluding hydrogens is 769 g/mol. The Morgan fingerprint density at radius 2 is 1.71 bits per heavy atom. The van der Waals surface area contributed by atoms with Gasteiger partial charge >= 0.3 is 12.2 Å². The number of pyridine rings is 1. The average Bonchev–Trinajstić information content (AvgIpc) is 3.91. The molecule has 14 nitrogen and oxygen atoms in total. The van der Waals surface area contributed by atoms with Gasteiger partial charge < -0.3 is 33.8 Å². The number of anilines is 3. The predicted octanol–water partition coefficient (Wildman–Crippen LogP) is 7.55. The van der Waals surface area contributed by atoms with Gasteiger partial charge in [0.25, 0.3) is 0 Å². The maximum absolute atomic E-state index is 17.9. The number of ether oxygens (including phenoxy) is 3. The summed E-state index contributed by atoms with van der Waals surface area (Å²) in [6.45, 7) is 15.1. The van der Waals surface area contributed by atoms with Gasteiger partial charge in [-0.05, 0) is 93.0 Å². The zero-order valence-corrected chi connectivity index (χ0v) is 35.2. The summed E-state index contributed by atoms with van der Waals surface area (Å²) >= 11 is 0.853. The summed E-state index contributed by atoms with van der Waals surface area (Å²) in [5, 5.41) is 13.7. The first-order valence-electron chi connectivity index (χ1n) is 19.6. The third-order valence-corrected chi connectivity index (χ3v) is 12.7. The van der Waals surface area contributed by atoms with Crippen LogP contribution in [0.5, 0.6) is 0 Å². The fourth-order valence-corrected chi connectivity index (χ4v) is 9.67. The second kappa shape index (κ2) is 14.1. The number of thiophene rings is 1. The van der Waals surface area contributed by atoms with E-state index in [0.29, 0.717) is 54.5 Å². The zero-order chi connectivity index (χ0) is 41.6. The predicted molar refractivity (Wildman–Crippen MR) is 217 cm³/mol. The van der Waals surface area contributed by atoms with Crippen molar-refractivity contribution in [3.05, 3.63) is 34.5 Å². The summed E-state index contributed by atoms with van der Waals surface area (Å²) < 4.78 is 50.8. The largest absolute Gasteiger partial charge is 0.444 e. The van der Waals surface area contributed by atoms with E-state index < -0.39 is 28.9 Å². The van der Waals surface area contributed by atoms with Crippen LogP contribution >= 0.6 is 11.3 Å². The highest BCUT2D eigenvalue weighted by Gasteiger charge is 2.46. The number of aromatic nitrogens is 3. The van der Waals surface area contributed by atoms with E-state index in [2.05, 4.69) is 38.0 Å². The van der Waals surface area contributed by atoms with Gasteiger partial charge in [0.2, 0.25) is 5.95 Å². The number of halogens is 2. The summed E-state index contributed by atoms with van der Waals surface area (Å²) in [4.78, 5) is 49.1. The van der Waals surface area contributed by atoms with Gasteiger partial charge in [-0.3, -0.25) is 10.3 Å². The minimum absolute atomic E-state index is 0.0287. The molecule has 0 saturated carbocycles. The van der Waals surface area contributed by atoms with Crippen molar-refractivity contribution in [1.29, 1.82) is 5.26 Å². The molecule has 7 heterocycles. The maximum atomic E-state index is 17.9. The van der Waals surface area contributed by atoms with Crippen LogP contribution in [0.2, 0.25) is 0 Å². The number of hydrogen-bond donors (Lipinski definition) is 1. The molecule has 308 valence electrons. The van der Waals surface area contributed by atoms with Gasteiger partial charge in [0.05, 0.1) is 40.8 Å². The number of carbonyl (C=O) groups excluding carboxylic acids is 2. The van der Waals surface area contributed by atoms with Crippen molar-refractivity contribution in [3.8, 4) is 17.3 Å². The van der Waals surface area contributed by atoms with Gasteiger partial charge in [0.15, 0.2) is 11.6 Å². The number of rotatable bonds is 5. The Morgan fingerprint density at radius 3 is 2.33 bits per heavy atom. The fourth-order valence-electron chi connectivity index (χ4n) is 8.63. The van der Waals surface area contributed by atoms with Crippen molar-refractivity contribution in [2.24, 2.45) is 0 Å². The van der Waals surface area contributed by atoms with E-state index in [9.17, 15) is 14.9 Å². The van der Waals surface area contributed by atoms with Crippen molar-refractivity contribution in [2.45, 2.75) is 110 Å². The van der Waals surface area contributed by atoms with Crippen LogP contribution in [-0.2, 0) is 27.4 Å². The van der Waals surface area contributed by atoms with E-state index in [1.165, 1.54) is 0 Å². The second-order valence-electron chi connectivity index (χ2n) is 18.2. The molecule has 3 aromatic heterocycles. The topological polar surface area (TPSA) is 149 Å². The van der Waals surface area contributed by atoms with Crippen LogP contribution in [0.15, 0.2) is 6.20 Å². The third kappa shape index (κ3) is 6.92. The minimum atomic E-state index is -0.828. The Morgan fingerprint density at radius 1 is 1.03 bits per heavy atom. The Bertz CT molecular complexity index is 2390. The van der Waals surface area contributed by atoms with Crippen LogP contribution in [0.25, 0.3) is 32.2 Å². The summed E-state index contributed by atoms with van der Waals surface area (Å²) in [7, 11) is 4.08. The number of nitrogens with one attached hydrogen (secondary N) is 1. The first kappa shape index (κ1) is 39.9. The second-order valence-corrected chi connectivity index (χ2v) is 19.2. The van der Waals surface area contributed by atoms with Gasteiger partial charge in [-0.1, -0.05) is 0 Å². The normalized spacial score (nSPS) is 21.9. The summed E-state index contributed by atoms with van der Waals surface area (Å²) in [5.41, 5.74) is -0.376. The lowest BCUT2D eigenvalue weighted by Gasteiger charge is -2.42. The van der Waals surface area contributed by atoms with E-state index in [0.717, 1.165) is 36.8 Å². The smallest absolute Gasteiger partial charge is 0.412 e. The van der Waals surface area contributed by atoms with E-state index in [1.54, 1.807) is 25.7 Å². The Balaban J connectivity index is 1.32. The lowest BCUT2D eigenvalue weighted by atomic mass is 9.93. The fraction of sp³-hybridized carbons (Fsp3) is 0.561. The standard InChI is InChI=1S/C41H49F2N9O5S/c1-39(2,3)56-37(53)48-35-23(14-44)28-31(45-15-26(42)33(28)58-35)27-24-18-55-19-25(24)29-32(30(27)43)46-36(50-13-12-41(7,20-50)49(8)9)47-34(29)52-21-10-11-22(52)17-51(16-21)38(54)57-40(4,5)6/h15,21-22H,10-13,16-20H2,1-9H3,(H,48,53). The first-order valence-corrected chi connectivity index (χ1v) is 20.4. The molecule has 58 heavy (non-hydrogen) atoms. The van der Waals surface area contributed by atoms with E-state index in [1.807, 2.05) is 34.9 Å². The number of amides is 2. The Hall–Kier alpha value is -4.92. The number of likely N-dealkylation sites (tertiary alicyclic amines) is 1. The Labute approximate surface area is 340 Å². The van der Waals surface area contributed by atoms with Crippen LogP contribution in [-0.4, -0.2) is 106 Å². The highest BCUT2D eigenvalue weighted by Crippen LogP contribution is 2.49. The number of carbonyl (C=O) groups is 2. The maximum Gasteiger partial charge on any atom is 0.412 e. The number of benzene rings is 1. The van der Waals surface area contributed by atoms with Gasteiger partial charge in [-0.15, -0.1) is 11.3 Å². The first-order chi connectivity index (χ1) is 27.3. The molecule has 4 aromatic rings. The van der Waals surface area contributed by atoms with Crippen molar-refractivity contribution < 1.29 is 32.6 Å². The molecule has 0 spiro atoms. The Kier molecular flexibility index (Phi) is 9.71. The number of nitrogens with zero attached hydrogens (tertiary/aromatic N) is 8. The lowest BCUT2D eigenvalue weighted by molar-refractivity contribution is 0.0209. The van der Waals surface area contributed by atoms with Crippen molar-refractivity contribution in [1.82, 2.24) is 24.8 Å². The minimum Gasteiger partial charge on any atom is -0.444 e. The average molecular weight is 818 g/mol. The lowest BCUT2D eigenvalue weighted by Crippen LogP contribution is -2.56. The monoisotopic (exact) mass is 817 g/mol. The molecule has 3 saturated heterocycles. The number of piperazine rings is 1. The molecular formula is C41H49F2N9O5S. The van der Waals surface area contributed by atoms with Gasteiger partial charge in [-0.2, -0.15) is 10.2 Å². The van der Waals surface area contributed by atoms with Crippen LogP contribution < -0.4 is 15.1 Å². The van der Waals surface area contributed by atoms with Crippen LogP contribution in [0.3, 0.4) is 0 Å². The molecule has 2 bridgehead atoms. The number of nitriles is 1. The van der Waals surface area contributed by atoms with E-state index in [-0.39, 0.29) is 74.4 Å². The molecule has 0 radical (unpaired) electrons. The van der Waals surface area contributed by atoms with Gasteiger partial charge in [-0.25, -0.2) is 23.4 Å². The van der Waals surface area contributed by atoms with Crippen molar-refractivity contribution in [3.63, 3.8) is 0 Å². The molecule has 1 aromatic carbocycles.